The van der Waals surface area contributed by atoms with Gasteiger partial charge in [0.2, 0.25) is 0 Å². The lowest BCUT2D eigenvalue weighted by Gasteiger charge is -2.09. The molecule has 5 nitrogen and oxygen atoms in total. The smallest absolute Gasteiger partial charge is 0.266 e. The van der Waals surface area contributed by atoms with E-state index >= 15 is 0 Å². The monoisotopic (exact) mass is 426 g/mol. The van der Waals surface area contributed by atoms with Gasteiger partial charge in [0, 0.05) is 22.0 Å². The number of aryl methyl sites for hydroxylation is 2. The topological polar surface area (TPSA) is 81.6 Å². The van der Waals surface area contributed by atoms with Crippen LogP contribution in [0, 0.1) is 36.5 Å². The number of nitrogens with zero attached hydrogens (tertiary/aromatic N) is 3. The molecule has 0 fully saturated rings. The molecule has 6 heteroatoms. The van der Waals surface area contributed by atoms with Crippen molar-refractivity contribution in [2.45, 2.75) is 39.5 Å². The van der Waals surface area contributed by atoms with Crippen LogP contribution >= 0.6 is 11.3 Å². The fourth-order valence-electron chi connectivity index (χ4n) is 4.15. The van der Waals surface area contributed by atoms with Gasteiger partial charge in [-0.15, -0.1) is 11.3 Å². The first-order chi connectivity index (χ1) is 15.0. The number of rotatable bonds is 4. The Hall–Kier alpha value is -3.61. The lowest BCUT2D eigenvalue weighted by Crippen LogP contribution is -2.13. The summed E-state index contributed by atoms with van der Waals surface area (Å²) in [5, 5.41) is 22.6. The van der Waals surface area contributed by atoms with Gasteiger partial charge in [0.25, 0.3) is 5.91 Å². The highest BCUT2D eigenvalue weighted by Gasteiger charge is 2.23. The van der Waals surface area contributed by atoms with Gasteiger partial charge >= 0.3 is 0 Å². The van der Waals surface area contributed by atoms with E-state index in [1.54, 1.807) is 6.08 Å². The van der Waals surface area contributed by atoms with Gasteiger partial charge in [0.05, 0.1) is 5.56 Å². The van der Waals surface area contributed by atoms with Gasteiger partial charge in [-0.3, -0.25) is 4.79 Å². The third kappa shape index (κ3) is 3.91. The molecule has 1 aliphatic rings. The average molecular weight is 427 g/mol. The molecular formula is C25H22N4OS. The number of para-hydroxylation sites is 1. The largest absolute Gasteiger partial charge is 0.318 e. The van der Waals surface area contributed by atoms with Crippen molar-refractivity contribution in [1.82, 2.24) is 4.57 Å². The molecular weight excluding hydrogens is 404 g/mol. The number of amides is 1. The van der Waals surface area contributed by atoms with Crippen molar-refractivity contribution in [2.24, 2.45) is 0 Å². The van der Waals surface area contributed by atoms with E-state index in [-0.39, 0.29) is 5.57 Å². The van der Waals surface area contributed by atoms with Crippen LogP contribution in [0.1, 0.15) is 45.8 Å². The van der Waals surface area contributed by atoms with Crippen molar-refractivity contribution in [3.05, 3.63) is 74.9 Å². The summed E-state index contributed by atoms with van der Waals surface area (Å²) in [5.74, 6) is -0.484. The molecule has 2 heterocycles. The maximum atomic E-state index is 12.9. The number of fused-ring (bicyclic) bond motifs is 1. The molecule has 154 valence electrons. The molecule has 2 aromatic heterocycles. The van der Waals surface area contributed by atoms with Gasteiger partial charge < -0.3 is 9.88 Å². The summed E-state index contributed by atoms with van der Waals surface area (Å²) in [5.41, 5.74) is 5.44. The number of benzene rings is 1. The highest BCUT2D eigenvalue weighted by molar-refractivity contribution is 7.16. The minimum absolute atomic E-state index is 0.0172. The SMILES string of the molecule is Cc1cc(/C=C(/C#N)C(=O)Nc2sc3c(c2C#N)CCCC3)c(C)n1-c1ccccc1. The Morgan fingerprint density at radius 1 is 1.16 bits per heavy atom. The van der Waals surface area contributed by atoms with Crippen LogP contribution in [0.2, 0.25) is 0 Å². The van der Waals surface area contributed by atoms with Crippen LogP contribution in [0.4, 0.5) is 5.00 Å². The zero-order valence-corrected chi connectivity index (χ0v) is 18.3. The minimum atomic E-state index is -0.484. The van der Waals surface area contributed by atoms with E-state index in [1.807, 2.05) is 56.3 Å². The number of nitriles is 2. The van der Waals surface area contributed by atoms with Crippen molar-refractivity contribution in [3.8, 4) is 17.8 Å². The molecule has 0 bridgehead atoms. The zero-order chi connectivity index (χ0) is 22.0. The minimum Gasteiger partial charge on any atom is -0.318 e. The number of thiophene rings is 1. The fraction of sp³-hybridized carbons (Fsp3) is 0.240. The van der Waals surface area contributed by atoms with Crippen LogP contribution in [0.5, 0.6) is 0 Å². The second kappa shape index (κ2) is 8.63. The molecule has 0 saturated carbocycles. The summed E-state index contributed by atoms with van der Waals surface area (Å²) >= 11 is 1.46. The summed E-state index contributed by atoms with van der Waals surface area (Å²) in [7, 11) is 0. The molecule has 1 aromatic carbocycles. The lowest BCUT2D eigenvalue weighted by molar-refractivity contribution is -0.112. The number of carbonyl (C=O) groups is 1. The van der Waals surface area contributed by atoms with Gasteiger partial charge in [-0.2, -0.15) is 10.5 Å². The molecule has 31 heavy (non-hydrogen) atoms. The Kier molecular flexibility index (Phi) is 5.75. The fourth-order valence-corrected chi connectivity index (χ4v) is 5.39. The van der Waals surface area contributed by atoms with Crippen LogP contribution in [0.15, 0.2) is 42.0 Å². The Bertz CT molecular complexity index is 1270. The summed E-state index contributed by atoms with van der Waals surface area (Å²) in [6.07, 6.45) is 5.60. The molecule has 1 amide bonds. The standard InChI is InChI=1S/C25H22N4OS/c1-16-12-18(17(2)29(16)20-8-4-3-5-9-20)13-19(14-26)24(30)28-25-22(15-27)21-10-6-7-11-23(21)31-25/h3-5,8-9,12-13H,6-7,10-11H2,1-2H3,(H,28,30)/b19-13-. The number of carbonyl (C=O) groups excluding carboxylic acids is 1. The van der Waals surface area contributed by atoms with Crippen molar-refractivity contribution in [1.29, 1.82) is 10.5 Å². The van der Waals surface area contributed by atoms with E-state index in [1.165, 1.54) is 16.2 Å². The molecule has 0 saturated heterocycles. The molecule has 0 spiro atoms. The van der Waals surface area contributed by atoms with Crippen LogP contribution in [-0.4, -0.2) is 10.5 Å². The van der Waals surface area contributed by atoms with Crippen LogP contribution in [-0.2, 0) is 17.6 Å². The number of aromatic nitrogens is 1. The summed E-state index contributed by atoms with van der Waals surface area (Å²) in [4.78, 5) is 14.1. The first kappa shape index (κ1) is 20.7. The molecule has 1 N–H and O–H groups in total. The molecule has 0 atom stereocenters. The first-order valence-electron chi connectivity index (χ1n) is 10.3. The van der Waals surface area contributed by atoms with Gasteiger partial charge in [-0.25, -0.2) is 0 Å². The third-order valence-electron chi connectivity index (χ3n) is 5.66. The molecule has 0 aliphatic heterocycles. The lowest BCUT2D eigenvalue weighted by atomic mass is 9.96. The second-order valence-corrected chi connectivity index (χ2v) is 8.75. The first-order valence-corrected chi connectivity index (χ1v) is 11.1. The van der Waals surface area contributed by atoms with Crippen molar-refractivity contribution in [2.75, 3.05) is 5.32 Å². The van der Waals surface area contributed by atoms with Crippen LogP contribution in [0.3, 0.4) is 0 Å². The van der Waals surface area contributed by atoms with Gasteiger partial charge in [0.1, 0.15) is 22.7 Å². The Labute approximate surface area is 185 Å². The van der Waals surface area contributed by atoms with E-state index in [4.69, 9.17) is 0 Å². The van der Waals surface area contributed by atoms with Crippen molar-refractivity contribution >= 4 is 28.3 Å². The molecule has 0 unspecified atom stereocenters. The summed E-state index contributed by atoms with van der Waals surface area (Å²) in [6, 6.07) is 16.2. The van der Waals surface area contributed by atoms with Crippen LogP contribution in [0.25, 0.3) is 11.8 Å². The normalized spacial score (nSPS) is 13.2. The van der Waals surface area contributed by atoms with Gasteiger partial charge in [-0.05, 0) is 74.9 Å². The molecule has 0 radical (unpaired) electrons. The van der Waals surface area contributed by atoms with Crippen molar-refractivity contribution < 1.29 is 4.79 Å². The Morgan fingerprint density at radius 3 is 2.61 bits per heavy atom. The second-order valence-electron chi connectivity index (χ2n) is 7.65. The summed E-state index contributed by atoms with van der Waals surface area (Å²) in [6.45, 7) is 3.97. The van der Waals surface area contributed by atoms with Gasteiger partial charge in [-0.1, -0.05) is 18.2 Å². The van der Waals surface area contributed by atoms with E-state index in [2.05, 4.69) is 16.0 Å². The predicted octanol–water partition coefficient (Wildman–Crippen LogP) is 5.45. The third-order valence-corrected chi connectivity index (χ3v) is 6.87. The number of hydrogen-bond acceptors (Lipinski definition) is 4. The van der Waals surface area contributed by atoms with E-state index < -0.39 is 5.91 Å². The highest BCUT2D eigenvalue weighted by Crippen LogP contribution is 2.37. The summed E-state index contributed by atoms with van der Waals surface area (Å²) < 4.78 is 2.10. The molecule has 4 rings (SSSR count). The maximum absolute atomic E-state index is 12.9. The van der Waals surface area contributed by atoms with E-state index in [0.717, 1.165) is 53.9 Å². The van der Waals surface area contributed by atoms with E-state index in [9.17, 15) is 15.3 Å². The van der Waals surface area contributed by atoms with E-state index in [0.29, 0.717) is 10.6 Å². The number of hydrogen-bond donors (Lipinski definition) is 1. The Morgan fingerprint density at radius 2 is 1.90 bits per heavy atom. The van der Waals surface area contributed by atoms with Gasteiger partial charge in [0.15, 0.2) is 0 Å². The maximum Gasteiger partial charge on any atom is 0.266 e. The average Bonchev–Trinajstić information content (AvgIpc) is 3.27. The molecule has 3 aromatic rings. The molecule has 1 aliphatic carbocycles. The quantitative estimate of drug-likeness (QED) is 0.445. The highest BCUT2D eigenvalue weighted by atomic mass is 32.1. The predicted molar refractivity (Wildman–Crippen MR) is 123 cm³/mol. The zero-order valence-electron chi connectivity index (χ0n) is 17.5. The Balaban J connectivity index is 1.65. The number of anilines is 1. The number of nitrogens with one attached hydrogen (secondary N) is 1. The van der Waals surface area contributed by atoms with Crippen LogP contribution < -0.4 is 5.32 Å². The van der Waals surface area contributed by atoms with Crippen molar-refractivity contribution in [3.63, 3.8) is 0 Å².